The third-order valence-electron chi connectivity index (χ3n) is 3.71. The van der Waals surface area contributed by atoms with E-state index in [1.54, 1.807) is 6.07 Å². The number of nitrogens with zero attached hydrogens (tertiary/aromatic N) is 1. The van der Waals surface area contributed by atoms with E-state index in [1.165, 1.54) is 19.2 Å². The fourth-order valence-electron chi connectivity index (χ4n) is 2.56. The molecule has 2 aromatic rings. The lowest BCUT2D eigenvalue weighted by Crippen LogP contribution is -2.20. The standard InChI is InChI=1S/C16H24N4O/c1-3-5-7-11(6-4-2)20-15-9-14-12(8-13(15)17)16(21)19-10-18-14/h8-11,20H,3-7,17H2,1-2H3,(H,18,19,21). The van der Waals surface area contributed by atoms with Crippen molar-refractivity contribution < 1.29 is 0 Å². The minimum absolute atomic E-state index is 0.158. The lowest BCUT2D eigenvalue weighted by molar-refractivity contribution is 0.565. The van der Waals surface area contributed by atoms with Crippen molar-refractivity contribution in [1.82, 2.24) is 9.97 Å². The third kappa shape index (κ3) is 3.74. The van der Waals surface area contributed by atoms with E-state index in [1.807, 2.05) is 6.07 Å². The number of fused-ring (bicyclic) bond motifs is 1. The van der Waals surface area contributed by atoms with Crippen molar-refractivity contribution in [1.29, 1.82) is 0 Å². The molecule has 0 spiro atoms. The summed E-state index contributed by atoms with van der Waals surface area (Å²) in [4.78, 5) is 18.5. The molecule has 2 rings (SSSR count). The first kappa shape index (κ1) is 15.4. The van der Waals surface area contributed by atoms with Crippen LogP contribution < -0.4 is 16.6 Å². The van der Waals surface area contributed by atoms with Crippen LogP contribution in [0.15, 0.2) is 23.3 Å². The minimum Gasteiger partial charge on any atom is -0.397 e. The number of H-pyrrole nitrogens is 1. The van der Waals surface area contributed by atoms with Crippen molar-refractivity contribution in [2.75, 3.05) is 11.1 Å². The number of aromatic nitrogens is 2. The van der Waals surface area contributed by atoms with E-state index >= 15 is 0 Å². The van der Waals surface area contributed by atoms with Crippen molar-refractivity contribution in [3.8, 4) is 0 Å². The van der Waals surface area contributed by atoms with Crippen LogP contribution >= 0.6 is 0 Å². The van der Waals surface area contributed by atoms with E-state index in [0.717, 1.165) is 24.9 Å². The summed E-state index contributed by atoms with van der Waals surface area (Å²) in [6.45, 7) is 4.38. The van der Waals surface area contributed by atoms with E-state index in [4.69, 9.17) is 5.73 Å². The topological polar surface area (TPSA) is 83.8 Å². The molecule has 4 N–H and O–H groups in total. The molecular formula is C16H24N4O. The Labute approximate surface area is 125 Å². The molecule has 0 saturated carbocycles. The van der Waals surface area contributed by atoms with Crippen molar-refractivity contribution >= 4 is 22.3 Å². The van der Waals surface area contributed by atoms with E-state index in [-0.39, 0.29) is 5.56 Å². The largest absolute Gasteiger partial charge is 0.397 e. The number of aromatic amines is 1. The first-order valence-electron chi connectivity index (χ1n) is 7.69. The Balaban J connectivity index is 2.28. The van der Waals surface area contributed by atoms with Gasteiger partial charge in [-0.1, -0.05) is 33.1 Å². The average Bonchev–Trinajstić information content (AvgIpc) is 2.47. The average molecular weight is 288 g/mol. The number of nitrogens with one attached hydrogen (secondary N) is 2. The summed E-state index contributed by atoms with van der Waals surface area (Å²) in [6.07, 6.45) is 7.18. The van der Waals surface area contributed by atoms with Gasteiger partial charge in [-0.15, -0.1) is 0 Å². The van der Waals surface area contributed by atoms with Crippen LogP contribution in [0.2, 0.25) is 0 Å². The molecule has 1 atom stereocenters. The van der Waals surface area contributed by atoms with Gasteiger partial charge in [-0.2, -0.15) is 0 Å². The molecule has 1 unspecified atom stereocenters. The van der Waals surface area contributed by atoms with Gasteiger partial charge in [0.15, 0.2) is 0 Å². The van der Waals surface area contributed by atoms with Gasteiger partial charge in [0.1, 0.15) is 0 Å². The quantitative estimate of drug-likeness (QED) is 0.683. The van der Waals surface area contributed by atoms with Gasteiger partial charge >= 0.3 is 0 Å². The van der Waals surface area contributed by atoms with Gasteiger partial charge in [-0.3, -0.25) is 4.79 Å². The van der Waals surface area contributed by atoms with Crippen LogP contribution in [0.25, 0.3) is 10.9 Å². The van der Waals surface area contributed by atoms with Gasteiger partial charge in [-0.05, 0) is 25.0 Å². The van der Waals surface area contributed by atoms with Gasteiger partial charge in [-0.25, -0.2) is 4.98 Å². The summed E-state index contributed by atoms with van der Waals surface area (Å²) in [5.41, 5.74) is 8.06. The van der Waals surface area contributed by atoms with Crippen LogP contribution in [0.3, 0.4) is 0 Å². The molecule has 21 heavy (non-hydrogen) atoms. The fraction of sp³-hybridized carbons (Fsp3) is 0.500. The molecule has 0 aliphatic heterocycles. The van der Waals surface area contributed by atoms with Crippen molar-refractivity contribution in [2.45, 2.75) is 52.0 Å². The van der Waals surface area contributed by atoms with Gasteiger partial charge in [0, 0.05) is 6.04 Å². The number of benzene rings is 1. The Morgan fingerprint density at radius 1 is 1.29 bits per heavy atom. The van der Waals surface area contributed by atoms with Crippen molar-refractivity contribution in [3.63, 3.8) is 0 Å². The minimum atomic E-state index is -0.158. The second-order valence-electron chi connectivity index (χ2n) is 5.46. The summed E-state index contributed by atoms with van der Waals surface area (Å²) in [5.74, 6) is 0. The normalized spacial score (nSPS) is 12.5. The number of unbranched alkanes of at least 4 members (excludes halogenated alkanes) is 1. The number of anilines is 2. The van der Waals surface area contributed by atoms with Gasteiger partial charge in [0.05, 0.1) is 28.6 Å². The van der Waals surface area contributed by atoms with E-state index in [2.05, 4.69) is 29.1 Å². The van der Waals surface area contributed by atoms with Gasteiger partial charge in [0.2, 0.25) is 0 Å². The van der Waals surface area contributed by atoms with Gasteiger partial charge in [0.25, 0.3) is 5.56 Å². The maximum atomic E-state index is 11.7. The monoisotopic (exact) mass is 288 g/mol. The molecular weight excluding hydrogens is 264 g/mol. The molecule has 114 valence electrons. The highest BCUT2D eigenvalue weighted by atomic mass is 16.1. The lowest BCUT2D eigenvalue weighted by Gasteiger charge is -2.20. The summed E-state index contributed by atoms with van der Waals surface area (Å²) in [5, 5.41) is 4.05. The Kier molecular flexibility index (Phi) is 5.20. The number of nitrogen functional groups attached to an aromatic ring is 1. The van der Waals surface area contributed by atoms with Gasteiger partial charge < -0.3 is 16.0 Å². The van der Waals surface area contributed by atoms with E-state index in [9.17, 15) is 4.79 Å². The van der Waals surface area contributed by atoms with Crippen molar-refractivity contribution in [2.24, 2.45) is 0 Å². The number of rotatable bonds is 7. The molecule has 0 saturated heterocycles. The first-order chi connectivity index (χ1) is 10.2. The van der Waals surface area contributed by atoms with Crippen LogP contribution in [-0.2, 0) is 0 Å². The predicted octanol–water partition coefficient (Wildman–Crippen LogP) is 3.28. The summed E-state index contributed by atoms with van der Waals surface area (Å²) >= 11 is 0. The highest BCUT2D eigenvalue weighted by Crippen LogP contribution is 2.25. The molecule has 0 bridgehead atoms. The van der Waals surface area contributed by atoms with E-state index < -0.39 is 0 Å². The summed E-state index contributed by atoms with van der Waals surface area (Å²) in [6, 6.07) is 3.98. The predicted molar refractivity (Wildman–Crippen MR) is 88.6 cm³/mol. The second kappa shape index (κ2) is 7.11. The highest BCUT2D eigenvalue weighted by Gasteiger charge is 2.11. The molecule has 0 fully saturated rings. The number of nitrogens with two attached hydrogens (primary N) is 1. The molecule has 1 aromatic carbocycles. The molecule has 0 aliphatic rings. The molecule has 5 nitrogen and oxygen atoms in total. The SMILES string of the molecule is CCCCC(CCC)Nc1cc2nc[nH]c(=O)c2cc1N. The zero-order chi connectivity index (χ0) is 15.2. The first-order valence-corrected chi connectivity index (χ1v) is 7.69. The summed E-state index contributed by atoms with van der Waals surface area (Å²) in [7, 11) is 0. The maximum absolute atomic E-state index is 11.7. The number of hydrogen-bond donors (Lipinski definition) is 3. The number of hydrogen-bond acceptors (Lipinski definition) is 4. The molecule has 0 radical (unpaired) electrons. The Bertz CT molecular complexity index is 650. The van der Waals surface area contributed by atoms with Crippen LogP contribution in [0.4, 0.5) is 11.4 Å². The molecule has 0 aliphatic carbocycles. The Hall–Kier alpha value is -2.04. The Morgan fingerprint density at radius 2 is 2.10 bits per heavy atom. The molecule has 5 heteroatoms. The van der Waals surface area contributed by atoms with E-state index in [0.29, 0.717) is 22.6 Å². The zero-order valence-corrected chi connectivity index (χ0v) is 12.8. The second-order valence-corrected chi connectivity index (χ2v) is 5.46. The highest BCUT2D eigenvalue weighted by molar-refractivity contribution is 5.88. The van der Waals surface area contributed by atoms with Crippen molar-refractivity contribution in [3.05, 3.63) is 28.8 Å². The van der Waals surface area contributed by atoms with Crippen LogP contribution in [-0.4, -0.2) is 16.0 Å². The smallest absolute Gasteiger partial charge is 0.258 e. The Morgan fingerprint density at radius 3 is 2.81 bits per heavy atom. The van der Waals surface area contributed by atoms with Crippen LogP contribution in [0.1, 0.15) is 46.0 Å². The fourth-order valence-corrected chi connectivity index (χ4v) is 2.56. The maximum Gasteiger partial charge on any atom is 0.258 e. The zero-order valence-electron chi connectivity index (χ0n) is 12.8. The summed E-state index contributed by atoms with van der Waals surface area (Å²) < 4.78 is 0. The molecule has 1 aromatic heterocycles. The lowest BCUT2D eigenvalue weighted by atomic mass is 10.0. The molecule has 0 amide bonds. The molecule has 1 heterocycles. The third-order valence-corrected chi connectivity index (χ3v) is 3.71. The van der Waals surface area contributed by atoms with Crippen LogP contribution in [0, 0.1) is 0 Å². The van der Waals surface area contributed by atoms with Crippen LogP contribution in [0.5, 0.6) is 0 Å².